The van der Waals surface area contributed by atoms with Crippen LogP contribution in [-0.2, 0) is 14.8 Å². The van der Waals surface area contributed by atoms with E-state index in [1.54, 1.807) is 16.7 Å². The fraction of sp³-hybridized carbons (Fsp3) is 0.609. The third kappa shape index (κ3) is 4.32. The van der Waals surface area contributed by atoms with Gasteiger partial charge in [0.05, 0.1) is 36.2 Å². The van der Waals surface area contributed by atoms with Gasteiger partial charge in [-0.1, -0.05) is 11.3 Å². The Bertz CT molecular complexity index is 1450. The molecule has 1 unspecified atom stereocenters. The number of nitrogens with zero attached hydrogens (tertiary/aromatic N) is 5. The number of rotatable bonds is 6. The van der Waals surface area contributed by atoms with Crippen LogP contribution in [0.4, 0.5) is 14.5 Å². The van der Waals surface area contributed by atoms with Gasteiger partial charge in [0.15, 0.2) is 15.8 Å². The third-order valence-electron chi connectivity index (χ3n) is 7.91. The molecule has 5 heterocycles. The van der Waals surface area contributed by atoms with Crippen molar-refractivity contribution >= 4 is 32.6 Å². The maximum absolute atomic E-state index is 13.4. The van der Waals surface area contributed by atoms with E-state index in [0.717, 1.165) is 24.2 Å². The van der Waals surface area contributed by atoms with Gasteiger partial charge in [-0.15, -0.1) is 10.2 Å². The molecule has 1 aliphatic carbocycles. The Morgan fingerprint density at radius 1 is 1.24 bits per heavy atom. The number of nitrogens with one attached hydrogen (secondary N) is 1. The summed E-state index contributed by atoms with van der Waals surface area (Å²) >= 11 is 0.725. The zero-order chi connectivity index (χ0) is 26.2. The minimum absolute atomic E-state index is 0.0547. The quantitative estimate of drug-likeness (QED) is 0.477. The molecule has 1 spiro atoms. The third-order valence-corrected chi connectivity index (χ3v) is 10.4. The number of fused-ring (bicyclic) bond motifs is 1. The molecule has 200 valence electrons. The highest BCUT2D eigenvalue weighted by Gasteiger charge is 2.49. The molecular weight excluding hydrogens is 526 g/mol. The van der Waals surface area contributed by atoms with E-state index in [0.29, 0.717) is 43.7 Å². The number of imidazole rings is 1. The molecule has 2 N–H and O–H groups in total. The topological polar surface area (TPSA) is 122 Å². The second-order valence-corrected chi connectivity index (χ2v) is 13.3. The van der Waals surface area contributed by atoms with Gasteiger partial charge in [0.2, 0.25) is 10.0 Å². The molecular formula is C23H28F2N6O4S2. The normalized spacial score (nSPS) is 25.0. The Kier molecular flexibility index (Phi) is 5.84. The number of aliphatic hydroxyl groups is 1. The summed E-state index contributed by atoms with van der Waals surface area (Å²) in [4.78, 5) is 6.56. The van der Waals surface area contributed by atoms with Crippen LogP contribution in [0.3, 0.4) is 0 Å². The maximum atomic E-state index is 13.4. The van der Waals surface area contributed by atoms with E-state index >= 15 is 0 Å². The first kappa shape index (κ1) is 25.0. The highest BCUT2D eigenvalue weighted by Crippen LogP contribution is 2.44. The van der Waals surface area contributed by atoms with Gasteiger partial charge in [-0.05, 0) is 45.6 Å². The Labute approximate surface area is 216 Å². The molecule has 0 bridgehead atoms. The van der Waals surface area contributed by atoms with Crippen LogP contribution in [0.2, 0.25) is 0 Å². The first-order valence-corrected chi connectivity index (χ1v) is 14.5. The van der Waals surface area contributed by atoms with E-state index in [-0.39, 0.29) is 27.2 Å². The molecule has 14 heteroatoms. The smallest absolute Gasteiger partial charge is 0.291 e. The summed E-state index contributed by atoms with van der Waals surface area (Å²) < 4.78 is 63.2. The molecule has 3 aliphatic rings. The van der Waals surface area contributed by atoms with Crippen molar-refractivity contribution in [1.82, 2.24) is 24.3 Å². The SMILES string of the molecule is C[C@H]1OCC2(CCN(c3cc(S(=O)(=O)NC4(C)CC4)cn4c(-c5nnc(C(F)F)s5)ncc34)CC2)C1O. The largest absolute Gasteiger partial charge is 0.390 e. The molecule has 0 aromatic carbocycles. The second kappa shape index (κ2) is 8.63. The minimum atomic E-state index is -3.87. The van der Waals surface area contributed by atoms with E-state index in [1.807, 2.05) is 13.8 Å². The van der Waals surface area contributed by atoms with Crippen molar-refractivity contribution in [2.75, 3.05) is 24.6 Å². The number of alkyl halides is 2. The number of hydrogen-bond acceptors (Lipinski definition) is 9. The number of anilines is 1. The maximum Gasteiger partial charge on any atom is 0.291 e. The zero-order valence-corrected chi connectivity index (χ0v) is 22.0. The van der Waals surface area contributed by atoms with Gasteiger partial charge in [0.1, 0.15) is 4.90 Å². The molecule has 3 aromatic heterocycles. The van der Waals surface area contributed by atoms with Crippen LogP contribution in [0.1, 0.15) is 51.0 Å². The Balaban J connectivity index is 1.42. The predicted octanol–water partition coefficient (Wildman–Crippen LogP) is 2.99. The van der Waals surface area contributed by atoms with E-state index in [2.05, 4.69) is 24.8 Å². The van der Waals surface area contributed by atoms with Crippen molar-refractivity contribution in [3.63, 3.8) is 0 Å². The van der Waals surface area contributed by atoms with Crippen molar-refractivity contribution < 1.29 is 27.0 Å². The highest BCUT2D eigenvalue weighted by molar-refractivity contribution is 7.89. The second-order valence-electron chi connectivity index (χ2n) is 10.6. The van der Waals surface area contributed by atoms with Crippen molar-refractivity contribution in [3.8, 4) is 10.8 Å². The number of ether oxygens (including phenoxy) is 1. The lowest BCUT2D eigenvalue weighted by Crippen LogP contribution is -2.47. The average molecular weight is 555 g/mol. The molecule has 1 saturated carbocycles. The van der Waals surface area contributed by atoms with Gasteiger partial charge < -0.3 is 14.7 Å². The predicted molar refractivity (Wildman–Crippen MR) is 132 cm³/mol. The molecule has 0 radical (unpaired) electrons. The van der Waals surface area contributed by atoms with E-state index < -0.39 is 33.1 Å². The van der Waals surface area contributed by atoms with Gasteiger partial charge in [0, 0.05) is 30.2 Å². The van der Waals surface area contributed by atoms with Crippen LogP contribution in [-0.4, -0.2) is 70.5 Å². The fourth-order valence-corrected chi connectivity index (χ4v) is 7.48. The summed E-state index contributed by atoms with van der Waals surface area (Å²) in [5.41, 5.74) is 0.511. The van der Waals surface area contributed by atoms with Crippen LogP contribution >= 0.6 is 11.3 Å². The number of aromatic nitrogens is 4. The number of halogens is 2. The number of hydrogen-bond donors (Lipinski definition) is 2. The monoisotopic (exact) mass is 554 g/mol. The summed E-state index contributed by atoms with van der Waals surface area (Å²) in [6.07, 6.45) is 2.43. The van der Waals surface area contributed by atoms with Crippen LogP contribution in [0, 0.1) is 5.41 Å². The van der Waals surface area contributed by atoms with E-state index in [4.69, 9.17) is 4.74 Å². The van der Waals surface area contributed by atoms with Crippen molar-refractivity contribution in [2.24, 2.45) is 5.41 Å². The van der Waals surface area contributed by atoms with Gasteiger partial charge in [-0.3, -0.25) is 4.40 Å². The van der Waals surface area contributed by atoms with E-state index in [9.17, 15) is 22.3 Å². The van der Waals surface area contributed by atoms with Crippen molar-refractivity contribution in [2.45, 2.75) is 68.6 Å². The molecule has 10 nitrogen and oxygen atoms in total. The Hall–Kier alpha value is -2.26. The molecule has 3 fully saturated rings. The van der Waals surface area contributed by atoms with Crippen molar-refractivity contribution in [3.05, 3.63) is 23.5 Å². The highest BCUT2D eigenvalue weighted by atomic mass is 32.2. The van der Waals surface area contributed by atoms with Crippen LogP contribution < -0.4 is 9.62 Å². The fourth-order valence-electron chi connectivity index (χ4n) is 5.30. The number of pyridine rings is 1. The molecule has 37 heavy (non-hydrogen) atoms. The Morgan fingerprint density at radius 2 is 1.97 bits per heavy atom. The van der Waals surface area contributed by atoms with Crippen LogP contribution in [0.5, 0.6) is 0 Å². The number of sulfonamides is 1. The van der Waals surface area contributed by atoms with Gasteiger partial charge in [-0.25, -0.2) is 26.9 Å². The minimum Gasteiger partial charge on any atom is -0.390 e. The molecule has 6 rings (SSSR count). The van der Waals surface area contributed by atoms with Crippen LogP contribution in [0.15, 0.2) is 23.4 Å². The summed E-state index contributed by atoms with van der Waals surface area (Å²) in [5, 5.41) is 17.9. The van der Waals surface area contributed by atoms with E-state index in [1.165, 1.54) is 6.20 Å². The summed E-state index contributed by atoms with van der Waals surface area (Å²) in [6.45, 7) is 5.41. The molecule has 0 amide bonds. The number of piperidine rings is 1. The molecule has 2 atom stereocenters. The molecule has 2 aliphatic heterocycles. The lowest BCUT2D eigenvalue weighted by Gasteiger charge is -2.41. The van der Waals surface area contributed by atoms with Gasteiger partial charge >= 0.3 is 0 Å². The first-order chi connectivity index (χ1) is 17.5. The van der Waals surface area contributed by atoms with Crippen LogP contribution in [0.25, 0.3) is 16.3 Å². The first-order valence-electron chi connectivity index (χ1n) is 12.2. The molecule has 3 aromatic rings. The summed E-state index contributed by atoms with van der Waals surface area (Å²) in [7, 11) is -3.87. The summed E-state index contributed by atoms with van der Waals surface area (Å²) in [5.74, 6) is 0.247. The number of aliphatic hydroxyl groups excluding tert-OH is 1. The lowest BCUT2D eigenvalue weighted by molar-refractivity contribution is 0.0250. The van der Waals surface area contributed by atoms with Gasteiger partial charge in [0.25, 0.3) is 6.43 Å². The lowest BCUT2D eigenvalue weighted by atomic mass is 9.74. The van der Waals surface area contributed by atoms with Crippen molar-refractivity contribution in [1.29, 1.82) is 0 Å². The zero-order valence-electron chi connectivity index (χ0n) is 20.4. The summed E-state index contributed by atoms with van der Waals surface area (Å²) in [6, 6.07) is 1.64. The van der Waals surface area contributed by atoms with Gasteiger partial charge in [-0.2, -0.15) is 0 Å². The Morgan fingerprint density at radius 3 is 2.57 bits per heavy atom. The average Bonchev–Trinajstić information content (AvgIpc) is 3.22. The standard InChI is InChI=1S/C23H28F2N6O4S2/c1-13-17(32)23(12-35-13)5-7-30(8-6-23)15-9-14(37(33,34)29-22(2)3-4-22)11-31-16(15)10-26-19(31)21-28-27-20(36-21)18(24)25/h9-11,13,17-18,29,32H,3-8,12H2,1-2H3/t13-,17?/m1/s1. The molecule has 2 saturated heterocycles.